The highest BCUT2D eigenvalue weighted by Crippen LogP contribution is 2.33. The van der Waals surface area contributed by atoms with Gasteiger partial charge in [-0.25, -0.2) is 10.6 Å². The number of benzene rings is 1. The Labute approximate surface area is 132 Å². The van der Waals surface area contributed by atoms with Gasteiger partial charge >= 0.3 is 5.69 Å². The van der Waals surface area contributed by atoms with Crippen LogP contribution in [0, 0.1) is 0 Å². The zero-order chi connectivity index (χ0) is 15.6. The fraction of sp³-hybridized carbons (Fsp3) is 0.308. The van der Waals surface area contributed by atoms with Crippen molar-refractivity contribution in [3.05, 3.63) is 38.7 Å². The third kappa shape index (κ3) is 3.02. The number of rotatable bonds is 4. The average Bonchev–Trinajstić information content (AvgIpc) is 2.45. The molecule has 0 atom stereocenters. The molecule has 2 rings (SSSR count). The highest BCUT2D eigenvalue weighted by Gasteiger charge is 2.18. The Morgan fingerprint density at radius 3 is 2.38 bits per heavy atom. The average molecular weight is 328 g/mol. The molecule has 0 bridgehead atoms. The van der Waals surface area contributed by atoms with Crippen molar-refractivity contribution in [2.75, 3.05) is 11.6 Å². The maximum Gasteiger partial charge on any atom is 0.352 e. The first-order chi connectivity index (χ1) is 9.99. The van der Waals surface area contributed by atoms with Gasteiger partial charge in [0.15, 0.2) is 5.82 Å². The molecule has 0 unspecified atom stereocenters. The lowest BCUT2D eigenvalue weighted by atomic mass is 10.2. The van der Waals surface area contributed by atoms with Gasteiger partial charge in [0.25, 0.3) is 0 Å². The van der Waals surface area contributed by atoms with E-state index in [4.69, 9.17) is 29.0 Å². The van der Waals surface area contributed by atoms with Gasteiger partial charge in [-0.1, -0.05) is 29.3 Å². The number of halogens is 2. The summed E-state index contributed by atoms with van der Waals surface area (Å²) in [6.45, 7) is 4.51. The van der Waals surface area contributed by atoms with E-state index in [-0.39, 0.29) is 5.95 Å². The van der Waals surface area contributed by atoms with Gasteiger partial charge in [-0.2, -0.15) is 9.97 Å². The third-order valence-electron chi connectivity index (χ3n) is 2.99. The lowest BCUT2D eigenvalue weighted by molar-refractivity contribution is 0.674. The Morgan fingerprint density at radius 2 is 1.86 bits per heavy atom. The number of hydrogen-bond donors (Lipinski definition) is 1. The molecule has 0 saturated carbocycles. The van der Waals surface area contributed by atoms with E-state index in [1.807, 2.05) is 13.8 Å². The minimum atomic E-state index is -0.447. The first-order valence-electron chi connectivity index (χ1n) is 6.45. The first kappa shape index (κ1) is 15.8. The van der Waals surface area contributed by atoms with Crippen LogP contribution in [0.1, 0.15) is 13.8 Å². The van der Waals surface area contributed by atoms with Crippen LogP contribution in [0.2, 0.25) is 10.0 Å². The van der Waals surface area contributed by atoms with Crippen molar-refractivity contribution in [2.24, 2.45) is 5.84 Å². The minimum absolute atomic E-state index is 0.137. The Hall–Kier alpha value is -1.63. The maximum absolute atomic E-state index is 12.2. The molecule has 0 aliphatic rings. The summed E-state index contributed by atoms with van der Waals surface area (Å²) in [6.07, 6.45) is 0. The SMILES string of the molecule is CCN(N)c1nc(-c2c(Cl)cccc2Cl)n(CC)c(=O)n1. The molecule has 1 aromatic heterocycles. The normalized spacial score (nSPS) is 10.7. The molecular formula is C13H15Cl2N5O. The summed E-state index contributed by atoms with van der Waals surface area (Å²) in [7, 11) is 0. The van der Waals surface area contributed by atoms with E-state index in [2.05, 4.69) is 9.97 Å². The molecule has 2 N–H and O–H groups in total. The van der Waals surface area contributed by atoms with Crippen molar-refractivity contribution < 1.29 is 0 Å². The van der Waals surface area contributed by atoms with Crippen LogP contribution in [0.4, 0.5) is 5.95 Å². The van der Waals surface area contributed by atoms with Crippen molar-refractivity contribution >= 4 is 29.2 Å². The molecule has 0 radical (unpaired) electrons. The summed E-state index contributed by atoms with van der Waals surface area (Å²) in [4.78, 5) is 20.4. The van der Waals surface area contributed by atoms with E-state index in [0.29, 0.717) is 34.5 Å². The van der Waals surface area contributed by atoms with Crippen molar-refractivity contribution in [1.82, 2.24) is 14.5 Å². The largest absolute Gasteiger partial charge is 0.352 e. The molecule has 1 heterocycles. The Balaban J connectivity index is 2.77. The second kappa shape index (κ2) is 6.43. The van der Waals surface area contributed by atoms with Crippen LogP contribution >= 0.6 is 23.2 Å². The number of anilines is 1. The molecule has 2 aromatic rings. The van der Waals surface area contributed by atoms with Gasteiger partial charge in [0.1, 0.15) is 0 Å². The lowest BCUT2D eigenvalue weighted by Gasteiger charge is -2.17. The maximum atomic E-state index is 12.2. The molecule has 0 spiro atoms. The molecule has 21 heavy (non-hydrogen) atoms. The van der Waals surface area contributed by atoms with Crippen LogP contribution in [0.15, 0.2) is 23.0 Å². The van der Waals surface area contributed by atoms with Gasteiger partial charge < -0.3 is 0 Å². The van der Waals surface area contributed by atoms with E-state index >= 15 is 0 Å². The predicted molar refractivity (Wildman–Crippen MR) is 84.6 cm³/mol. The molecule has 112 valence electrons. The summed E-state index contributed by atoms with van der Waals surface area (Å²) in [5, 5.41) is 2.11. The Bertz CT molecular complexity index is 696. The zero-order valence-corrected chi connectivity index (χ0v) is 13.2. The van der Waals surface area contributed by atoms with Crippen LogP contribution in [-0.2, 0) is 6.54 Å². The van der Waals surface area contributed by atoms with Crippen molar-refractivity contribution in [3.63, 3.8) is 0 Å². The standard InChI is InChI=1S/C13H15Cl2N5O/c1-3-19-11(10-8(14)6-5-7-9(10)15)17-12(18-13(19)21)20(16)4-2/h5-7H,3-4,16H2,1-2H3. The molecule has 1 aromatic carbocycles. The summed E-state index contributed by atoms with van der Waals surface area (Å²) >= 11 is 12.4. The van der Waals surface area contributed by atoms with Crippen LogP contribution < -0.4 is 16.5 Å². The van der Waals surface area contributed by atoms with Crippen molar-refractivity contribution in [1.29, 1.82) is 0 Å². The molecule has 0 aliphatic carbocycles. The van der Waals surface area contributed by atoms with Crippen LogP contribution in [-0.4, -0.2) is 21.1 Å². The molecule has 8 heteroatoms. The number of nitrogens with two attached hydrogens (primary N) is 1. The van der Waals surface area contributed by atoms with Crippen molar-refractivity contribution in [3.8, 4) is 11.4 Å². The molecule has 6 nitrogen and oxygen atoms in total. The Morgan fingerprint density at radius 1 is 1.24 bits per heavy atom. The van der Waals surface area contributed by atoms with Crippen LogP contribution in [0.3, 0.4) is 0 Å². The van der Waals surface area contributed by atoms with Gasteiger partial charge in [-0.3, -0.25) is 9.58 Å². The topological polar surface area (TPSA) is 77.0 Å². The minimum Gasteiger partial charge on any atom is -0.279 e. The summed E-state index contributed by atoms with van der Waals surface area (Å²) in [5.41, 5.74) is 0.0466. The summed E-state index contributed by atoms with van der Waals surface area (Å²) in [6, 6.07) is 5.11. The highest BCUT2D eigenvalue weighted by atomic mass is 35.5. The van der Waals surface area contributed by atoms with Gasteiger partial charge in [-0.15, -0.1) is 0 Å². The van der Waals surface area contributed by atoms with Gasteiger partial charge in [0, 0.05) is 13.1 Å². The first-order valence-corrected chi connectivity index (χ1v) is 7.20. The molecule has 0 fully saturated rings. The van der Waals surface area contributed by atoms with E-state index in [1.165, 1.54) is 9.58 Å². The predicted octanol–water partition coefficient (Wildman–Crippen LogP) is 2.33. The van der Waals surface area contributed by atoms with Crippen LogP contribution in [0.5, 0.6) is 0 Å². The van der Waals surface area contributed by atoms with Crippen LogP contribution in [0.25, 0.3) is 11.4 Å². The van der Waals surface area contributed by atoms with E-state index < -0.39 is 5.69 Å². The third-order valence-corrected chi connectivity index (χ3v) is 3.62. The second-order valence-electron chi connectivity index (χ2n) is 4.26. The highest BCUT2D eigenvalue weighted by molar-refractivity contribution is 6.39. The van der Waals surface area contributed by atoms with Gasteiger partial charge in [0.2, 0.25) is 5.95 Å². The quantitative estimate of drug-likeness (QED) is 0.688. The van der Waals surface area contributed by atoms with Gasteiger partial charge in [0.05, 0.1) is 15.6 Å². The lowest BCUT2D eigenvalue weighted by Crippen LogP contribution is -2.36. The Kier molecular flexibility index (Phi) is 4.82. The van der Waals surface area contributed by atoms with Gasteiger partial charge in [-0.05, 0) is 26.0 Å². The summed E-state index contributed by atoms with van der Waals surface area (Å²) < 4.78 is 1.40. The fourth-order valence-electron chi connectivity index (χ4n) is 1.87. The molecule has 0 saturated heterocycles. The van der Waals surface area contributed by atoms with E-state index in [0.717, 1.165) is 0 Å². The number of nitrogens with zero attached hydrogens (tertiary/aromatic N) is 4. The van der Waals surface area contributed by atoms with E-state index in [9.17, 15) is 4.79 Å². The fourth-order valence-corrected chi connectivity index (χ4v) is 2.44. The summed E-state index contributed by atoms with van der Waals surface area (Å²) in [5.74, 6) is 6.26. The number of hydrogen-bond acceptors (Lipinski definition) is 5. The number of aromatic nitrogens is 3. The zero-order valence-electron chi connectivity index (χ0n) is 11.7. The monoisotopic (exact) mass is 327 g/mol. The number of hydrazine groups is 1. The second-order valence-corrected chi connectivity index (χ2v) is 5.07. The van der Waals surface area contributed by atoms with Crippen molar-refractivity contribution in [2.45, 2.75) is 20.4 Å². The molecular weight excluding hydrogens is 313 g/mol. The smallest absolute Gasteiger partial charge is 0.279 e. The van der Waals surface area contributed by atoms with E-state index in [1.54, 1.807) is 18.2 Å². The molecule has 0 aliphatic heterocycles. The molecule has 0 amide bonds.